The molecule has 0 aromatic rings. The molecule has 0 radical (unpaired) electrons. The maximum Gasteiger partial charge on any atom is 0.0900 e. The zero-order valence-electron chi connectivity index (χ0n) is 5.56. The molecule has 1 aliphatic carbocycles. The molecular formula is C8H12O. The molecular weight excluding hydrogens is 112 g/mol. The summed E-state index contributed by atoms with van der Waals surface area (Å²) >= 11 is 0. The highest BCUT2D eigenvalue weighted by Gasteiger charge is 2.27. The summed E-state index contributed by atoms with van der Waals surface area (Å²) in [5.41, 5.74) is 2.07. The second-order valence-electron chi connectivity index (χ2n) is 2.66. The summed E-state index contributed by atoms with van der Waals surface area (Å²) in [4.78, 5) is 0. The van der Waals surface area contributed by atoms with E-state index in [2.05, 4.69) is 12.3 Å². The molecule has 1 saturated carbocycles. The van der Waals surface area contributed by atoms with Crippen LogP contribution >= 0.6 is 0 Å². The normalized spacial score (nSPS) is 23.2. The second kappa shape index (κ2) is 2.38. The molecule has 0 saturated heterocycles. The predicted octanol–water partition coefficient (Wildman–Crippen LogP) is 1.63. The van der Waals surface area contributed by atoms with E-state index in [9.17, 15) is 5.11 Å². The van der Waals surface area contributed by atoms with Gasteiger partial charge in [0.05, 0.1) is 5.60 Å². The molecule has 1 heteroatoms. The van der Waals surface area contributed by atoms with Gasteiger partial charge in [0.1, 0.15) is 0 Å². The Hall–Kier alpha value is -0.520. The van der Waals surface area contributed by atoms with E-state index < -0.39 is 5.60 Å². The van der Waals surface area contributed by atoms with Crippen molar-refractivity contribution < 1.29 is 5.11 Å². The number of hydrogen-bond donors (Lipinski definition) is 1. The van der Waals surface area contributed by atoms with Gasteiger partial charge in [-0.2, -0.15) is 0 Å². The van der Waals surface area contributed by atoms with Gasteiger partial charge in [0.15, 0.2) is 0 Å². The highest BCUT2D eigenvalue weighted by atomic mass is 16.3. The van der Waals surface area contributed by atoms with Crippen molar-refractivity contribution in [1.29, 1.82) is 0 Å². The fourth-order valence-electron chi connectivity index (χ4n) is 1.32. The van der Waals surface area contributed by atoms with Crippen LogP contribution in [0.5, 0.6) is 0 Å². The smallest absolute Gasteiger partial charge is 0.0900 e. The van der Waals surface area contributed by atoms with E-state index in [1.807, 2.05) is 0 Å². The van der Waals surface area contributed by atoms with Gasteiger partial charge in [0.25, 0.3) is 0 Å². The molecule has 9 heavy (non-hydrogen) atoms. The average molecular weight is 124 g/mol. The van der Waals surface area contributed by atoms with Crippen molar-refractivity contribution in [3.63, 3.8) is 0 Å². The number of rotatable bonds is 1. The second-order valence-corrected chi connectivity index (χ2v) is 2.66. The van der Waals surface area contributed by atoms with Crippen LogP contribution in [-0.2, 0) is 0 Å². The highest BCUT2D eigenvalue weighted by molar-refractivity contribution is 5.01. The summed E-state index contributed by atoms with van der Waals surface area (Å²) in [6.45, 7) is 3.43. The molecule has 0 aromatic heterocycles. The molecule has 1 aliphatic rings. The van der Waals surface area contributed by atoms with Crippen molar-refractivity contribution >= 4 is 0 Å². The molecule has 1 fully saturated rings. The zero-order chi connectivity index (χ0) is 6.74. The summed E-state index contributed by atoms with van der Waals surface area (Å²) < 4.78 is 0. The Morgan fingerprint density at radius 1 is 1.44 bits per heavy atom. The third kappa shape index (κ3) is 1.44. The number of aliphatic hydroxyl groups is 1. The van der Waals surface area contributed by atoms with Crippen LogP contribution < -0.4 is 0 Å². The van der Waals surface area contributed by atoms with Gasteiger partial charge in [0.2, 0.25) is 0 Å². The standard InChI is InChI=1S/C8H12O/c1-2-5-8(9)6-3-4-7-8/h5,9H,1,3-4,6-7H2. The van der Waals surface area contributed by atoms with Crippen molar-refractivity contribution in [2.45, 2.75) is 31.3 Å². The van der Waals surface area contributed by atoms with Crippen molar-refractivity contribution in [3.8, 4) is 0 Å². The average Bonchev–Trinajstić information content (AvgIpc) is 2.16. The third-order valence-corrected chi connectivity index (χ3v) is 1.84. The van der Waals surface area contributed by atoms with Gasteiger partial charge in [-0.15, -0.1) is 5.73 Å². The van der Waals surface area contributed by atoms with E-state index >= 15 is 0 Å². The SMILES string of the molecule is C=C=CC1(O)CCCC1. The highest BCUT2D eigenvalue weighted by Crippen LogP contribution is 2.29. The minimum atomic E-state index is -0.554. The van der Waals surface area contributed by atoms with Gasteiger partial charge >= 0.3 is 0 Å². The lowest BCUT2D eigenvalue weighted by molar-refractivity contribution is 0.0995. The molecule has 0 unspecified atom stereocenters. The quantitative estimate of drug-likeness (QED) is 0.527. The lowest BCUT2D eigenvalue weighted by Gasteiger charge is -2.14. The van der Waals surface area contributed by atoms with Crippen LogP contribution in [0.2, 0.25) is 0 Å². The van der Waals surface area contributed by atoms with Gasteiger partial charge in [-0.1, -0.05) is 19.4 Å². The lowest BCUT2D eigenvalue weighted by Crippen LogP contribution is -2.19. The van der Waals surface area contributed by atoms with Crippen LogP contribution in [0.4, 0.5) is 0 Å². The van der Waals surface area contributed by atoms with E-state index in [0.29, 0.717) is 0 Å². The monoisotopic (exact) mass is 124 g/mol. The number of hydrogen-bond acceptors (Lipinski definition) is 1. The zero-order valence-corrected chi connectivity index (χ0v) is 5.56. The van der Waals surface area contributed by atoms with Crippen molar-refractivity contribution in [3.05, 3.63) is 18.4 Å². The maximum absolute atomic E-state index is 9.53. The molecule has 0 aromatic carbocycles. The Morgan fingerprint density at radius 2 is 2.00 bits per heavy atom. The van der Waals surface area contributed by atoms with E-state index in [0.717, 1.165) is 25.7 Å². The van der Waals surface area contributed by atoms with Crippen LogP contribution in [0, 0.1) is 0 Å². The Labute approximate surface area is 55.7 Å². The molecule has 0 heterocycles. The lowest BCUT2D eigenvalue weighted by atomic mass is 10.0. The molecule has 1 N–H and O–H groups in total. The fraction of sp³-hybridized carbons (Fsp3) is 0.625. The van der Waals surface area contributed by atoms with E-state index in [1.54, 1.807) is 6.08 Å². The van der Waals surface area contributed by atoms with Gasteiger partial charge in [-0.25, -0.2) is 0 Å². The van der Waals surface area contributed by atoms with Gasteiger partial charge in [-0.3, -0.25) is 0 Å². The van der Waals surface area contributed by atoms with Crippen LogP contribution in [0.25, 0.3) is 0 Å². The van der Waals surface area contributed by atoms with Gasteiger partial charge in [0, 0.05) is 0 Å². The Kier molecular flexibility index (Phi) is 1.75. The molecule has 1 rings (SSSR count). The van der Waals surface area contributed by atoms with E-state index in [-0.39, 0.29) is 0 Å². The first-order valence-corrected chi connectivity index (χ1v) is 3.36. The molecule has 0 amide bonds. The van der Waals surface area contributed by atoms with Crippen LogP contribution in [0.15, 0.2) is 18.4 Å². The molecule has 0 bridgehead atoms. The largest absolute Gasteiger partial charge is 0.385 e. The van der Waals surface area contributed by atoms with Crippen LogP contribution in [-0.4, -0.2) is 10.7 Å². The van der Waals surface area contributed by atoms with E-state index in [1.165, 1.54) is 0 Å². The van der Waals surface area contributed by atoms with Crippen molar-refractivity contribution in [2.24, 2.45) is 0 Å². The first-order valence-electron chi connectivity index (χ1n) is 3.36. The van der Waals surface area contributed by atoms with Gasteiger partial charge < -0.3 is 5.11 Å². The van der Waals surface area contributed by atoms with Crippen LogP contribution in [0.3, 0.4) is 0 Å². The molecule has 50 valence electrons. The predicted molar refractivity (Wildman–Crippen MR) is 37.1 cm³/mol. The summed E-state index contributed by atoms with van der Waals surface area (Å²) in [5, 5.41) is 9.53. The molecule has 0 spiro atoms. The third-order valence-electron chi connectivity index (χ3n) is 1.84. The minimum absolute atomic E-state index is 0.554. The van der Waals surface area contributed by atoms with Crippen LogP contribution in [0.1, 0.15) is 25.7 Å². The molecule has 0 aliphatic heterocycles. The first-order chi connectivity index (χ1) is 4.27. The topological polar surface area (TPSA) is 20.2 Å². The molecule has 0 atom stereocenters. The Balaban J connectivity index is 2.61. The van der Waals surface area contributed by atoms with Crippen molar-refractivity contribution in [1.82, 2.24) is 0 Å². The molecule has 1 nitrogen and oxygen atoms in total. The summed E-state index contributed by atoms with van der Waals surface area (Å²) in [6, 6.07) is 0. The summed E-state index contributed by atoms with van der Waals surface area (Å²) in [5.74, 6) is 0. The summed E-state index contributed by atoms with van der Waals surface area (Å²) in [6.07, 6.45) is 5.72. The Morgan fingerprint density at radius 3 is 2.44 bits per heavy atom. The van der Waals surface area contributed by atoms with E-state index in [4.69, 9.17) is 0 Å². The Bertz CT molecular complexity index is 137. The van der Waals surface area contributed by atoms with Crippen molar-refractivity contribution in [2.75, 3.05) is 0 Å². The van der Waals surface area contributed by atoms with Gasteiger partial charge in [-0.05, 0) is 18.9 Å². The fourth-order valence-corrected chi connectivity index (χ4v) is 1.32. The maximum atomic E-state index is 9.53. The minimum Gasteiger partial charge on any atom is -0.385 e. The first kappa shape index (κ1) is 6.60. The summed E-state index contributed by atoms with van der Waals surface area (Å²) in [7, 11) is 0.